The van der Waals surface area contributed by atoms with E-state index >= 15 is 0 Å². The maximum atomic E-state index is 13.0. The molecular formula is C34H37N7O7S. The average molecular weight is 688 g/mol. The highest BCUT2D eigenvalue weighted by molar-refractivity contribution is 7.89. The molecule has 0 spiro atoms. The van der Waals surface area contributed by atoms with Gasteiger partial charge in [0.2, 0.25) is 15.9 Å². The van der Waals surface area contributed by atoms with Crippen LogP contribution in [0.5, 0.6) is 0 Å². The summed E-state index contributed by atoms with van der Waals surface area (Å²) in [5, 5.41) is 8.28. The van der Waals surface area contributed by atoms with Gasteiger partial charge in [0.25, 0.3) is 11.8 Å². The summed E-state index contributed by atoms with van der Waals surface area (Å²) in [5.74, 6) is -2.03. The van der Waals surface area contributed by atoms with Crippen molar-refractivity contribution in [2.75, 3.05) is 44.4 Å². The Bertz CT molecular complexity index is 2080. The van der Waals surface area contributed by atoms with E-state index in [0.29, 0.717) is 23.6 Å². The topological polar surface area (TPSA) is 181 Å². The van der Waals surface area contributed by atoms with Gasteiger partial charge in [-0.15, -0.1) is 0 Å². The van der Waals surface area contributed by atoms with E-state index in [9.17, 15) is 32.4 Å². The first-order valence-electron chi connectivity index (χ1n) is 15.4. The third-order valence-corrected chi connectivity index (χ3v) is 9.39. The number of sulfonamides is 1. The highest BCUT2D eigenvalue weighted by Crippen LogP contribution is 2.29. The van der Waals surface area contributed by atoms with E-state index in [4.69, 9.17) is 0 Å². The van der Waals surface area contributed by atoms with Crippen LogP contribution in [-0.2, 0) is 28.9 Å². The summed E-state index contributed by atoms with van der Waals surface area (Å²) < 4.78 is 31.5. The van der Waals surface area contributed by atoms with Crippen LogP contribution in [0, 0.1) is 0 Å². The van der Waals surface area contributed by atoms with Crippen LogP contribution in [0.3, 0.4) is 0 Å². The lowest BCUT2D eigenvalue weighted by Gasteiger charge is -2.18. The number of aromatic nitrogens is 2. The Hall–Kier alpha value is -5.38. The molecule has 4 aromatic rings. The summed E-state index contributed by atoms with van der Waals surface area (Å²) in [6, 6.07) is 13.1. The molecule has 0 bridgehead atoms. The molecule has 49 heavy (non-hydrogen) atoms. The van der Waals surface area contributed by atoms with Crippen LogP contribution >= 0.6 is 0 Å². The maximum Gasteiger partial charge on any atom is 0.272 e. The van der Waals surface area contributed by atoms with Crippen LogP contribution in [-0.4, -0.2) is 85.5 Å². The smallest absolute Gasteiger partial charge is 0.272 e. The molecule has 2 aromatic heterocycles. The lowest BCUT2D eigenvalue weighted by atomic mass is 9.84. The SMILES string of the molecule is CN(C)CCCNC(=O)c1cc(NC(=O)c2cc(NC(=O)CCNS(=O)(=O)c3ccc4c(c3)C(=O)c3ccccc3C4=O)cn2C)cn1C. The van der Waals surface area contributed by atoms with Crippen molar-refractivity contribution in [1.82, 2.24) is 24.1 Å². The Morgan fingerprint density at radius 2 is 1.31 bits per heavy atom. The zero-order valence-electron chi connectivity index (χ0n) is 27.5. The first-order chi connectivity index (χ1) is 23.2. The molecule has 2 heterocycles. The normalized spacial score (nSPS) is 12.4. The predicted molar refractivity (Wildman–Crippen MR) is 182 cm³/mol. The van der Waals surface area contributed by atoms with E-state index < -0.39 is 27.6 Å². The van der Waals surface area contributed by atoms with Gasteiger partial charge in [-0.2, -0.15) is 0 Å². The van der Waals surface area contributed by atoms with Gasteiger partial charge in [0.15, 0.2) is 11.6 Å². The van der Waals surface area contributed by atoms with Gasteiger partial charge in [0, 0.05) is 68.3 Å². The van der Waals surface area contributed by atoms with Gasteiger partial charge in [-0.3, -0.25) is 24.0 Å². The van der Waals surface area contributed by atoms with Crippen LogP contribution in [0.2, 0.25) is 0 Å². The molecule has 0 fully saturated rings. The quantitative estimate of drug-likeness (QED) is 0.136. The average Bonchev–Trinajstić information content (AvgIpc) is 3.61. The van der Waals surface area contributed by atoms with Gasteiger partial charge in [-0.25, -0.2) is 13.1 Å². The third-order valence-electron chi connectivity index (χ3n) is 7.94. The molecule has 2 aromatic carbocycles. The monoisotopic (exact) mass is 687 g/mol. The molecule has 0 unspecified atom stereocenters. The molecule has 1 aliphatic rings. The van der Waals surface area contributed by atoms with Crippen LogP contribution in [0.1, 0.15) is 65.7 Å². The Morgan fingerprint density at radius 1 is 0.735 bits per heavy atom. The largest absolute Gasteiger partial charge is 0.351 e. The van der Waals surface area contributed by atoms with E-state index in [1.165, 1.54) is 41.1 Å². The number of benzene rings is 2. The second-order valence-corrected chi connectivity index (χ2v) is 13.7. The number of fused-ring (bicyclic) bond motifs is 2. The number of rotatable bonds is 13. The Labute approximate surface area is 283 Å². The lowest BCUT2D eigenvalue weighted by molar-refractivity contribution is -0.116. The fraction of sp³-hybridized carbons (Fsp3) is 0.265. The van der Waals surface area contributed by atoms with Crippen molar-refractivity contribution >= 4 is 50.7 Å². The van der Waals surface area contributed by atoms with Crippen molar-refractivity contribution in [3.05, 3.63) is 101 Å². The van der Waals surface area contributed by atoms with Gasteiger partial charge in [-0.1, -0.05) is 24.3 Å². The van der Waals surface area contributed by atoms with Crippen LogP contribution in [0.15, 0.2) is 71.9 Å². The zero-order chi connectivity index (χ0) is 35.5. The molecule has 0 aliphatic heterocycles. The van der Waals surface area contributed by atoms with Gasteiger partial charge in [0.1, 0.15) is 11.4 Å². The molecule has 1 aliphatic carbocycles. The summed E-state index contributed by atoms with van der Waals surface area (Å²) in [4.78, 5) is 65.9. The molecule has 15 heteroatoms. The number of carbonyl (C=O) groups is 5. The van der Waals surface area contributed by atoms with Crippen LogP contribution in [0.4, 0.5) is 11.4 Å². The fourth-order valence-corrected chi connectivity index (χ4v) is 6.51. The minimum absolute atomic E-state index is 0.00222. The Balaban J connectivity index is 1.14. The minimum Gasteiger partial charge on any atom is -0.351 e. The van der Waals surface area contributed by atoms with E-state index in [-0.39, 0.29) is 57.5 Å². The standard InChI is InChI=1S/C34H37N7O7S/c1-39(2)15-7-13-35-33(45)28-17-22(20-40(28)3)38-34(46)29-16-21(19-41(29)4)37-30(42)12-14-36-49(47,48)23-10-11-26-27(18-23)32(44)25-9-6-5-8-24(25)31(26)43/h5-6,8-11,16-20,36H,7,12-15H2,1-4H3,(H,35,45)(H,37,42)(H,38,46). The molecule has 0 saturated carbocycles. The van der Waals surface area contributed by atoms with Gasteiger partial charge in [-0.05, 0) is 57.4 Å². The fourth-order valence-electron chi connectivity index (χ4n) is 5.45. The van der Waals surface area contributed by atoms with Gasteiger partial charge < -0.3 is 30.0 Å². The van der Waals surface area contributed by atoms with E-state index in [2.05, 4.69) is 20.7 Å². The molecule has 256 valence electrons. The van der Waals surface area contributed by atoms with Crippen molar-refractivity contribution < 1.29 is 32.4 Å². The van der Waals surface area contributed by atoms with Crippen molar-refractivity contribution in [3.8, 4) is 0 Å². The molecule has 5 rings (SSSR count). The predicted octanol–water partition coefficient (Wildman–Crippen LogP) is 2.38. The number of amides is 3. The highest BCUT2D eigenvalue weighted by atomic mass is 32.2. The molecule has 0 saturated heterocycles. The second kappa shape index (κ2) is 14.4. The van der Waals surface area contributed by atoms with Crippen molar-refractivity contribution in [2.45, 2.75) is 17.7 Å². The van der Waals surface area contributed by atoms with Crippen molar-refractivity contribution in [1.29, 1.82) is 0 Å². The number of nitrogens with zero attached hydrogens (tertiary/aromatic N) is 3. The summed E-state index contributed by atoms with van der Waals surface area (Å²) in [5.41, 5.74) is 1.96. The van der Waals surface area contributed by atoms with E-state index in [1.54, 1.807) is 49.1 Å². The summed E-state index contributed by atoms with van der Waals surface area (Å²) in [7, 11) is 3.13. The highest BCUT2D eigenvalue weighted by Gasteiger charge is 2.31. The summed E-state index contributed by atoms with van der Waals surface area (Å²) in [6.45, 7) is 1.11. The molecule has 14 nitrogen and oxygen atoms in total. The number of carbonyl (C=O) groups excluding carboxylic acids is 5. The van der Waals surface area contributed by atoms with Crippen molar-refractivity contribution in [3.63, 3.8) is 0 Å². The molecule has 4 N–H and O–H groups in total. The first kappa shape index (κ1) is 34.9. The van der Waals surface area contributed by atoms with Gasteiger partial charge in [0.05, 0.1) is 16.3 Å². The first-order valence-corrected chi connectivity index (χ1v) is 16.9. The Kier molecular flexibility index (Phi) is 10.3. The lowest BCUT2D eigenvalue weighted by Crippen LogP contribution is -2.28. The number of hydrogen-bond acceptors (Lipinski definition) is 8. The van der Waals surface area contributed by atoms with Gasteiger partial charge >= 0.3 is 0 Å². The number of nitrogens with one attached hydrogen (secondary N) is 4. The molecule has 0 radical (unpaired) electrons. The Morgan fingerprint density at radius 3 is 1.94 bits per heavy atom. The maximum absolute atomic E-state index is 13.0. The molecule has 0 atom stereocenters. The number of aryl methyl sites for hydroxylation is 2. The zero-order valence-corrected chi connectivity index (χ0v) is 28.3. The van der Waals surface area contributed by atoms with E-state index in [0.717, 1.165) is 13.0 Å². The summed E-state index contributed by atoms with van der Waals surface area (Å²) in [6.07, 6.45) is 3.74. The summed E-state index contributed by atoms with van der Waals surface area (Å²) >= 11 is 0. The molecular weight excluding hydrogens is 650 g/mol. The third kappa shape index (κ3) is 7.85. The number of ketones is 2. The number of anilines is 2. The van der Waals surface area contributed by atoms with Crippen molar-refractivity contribution in [2.24, 2.45) is 14.1 Å². The number of hydrogen-bond donors (Lipinski definition) is 4. The minimum atomic E-state index is -4.12. The van der Waals surface area contributed by atoms with E-state index in [1.807, 2.05) is 19.0 Å². The van der Waals surface area contributed by atoms with Crippen LogP contribution < -0.4 is 20.7 Å². The second-order valence-electron chi connectivity index (χ2n) is 11.9. The van der Waals surface area contributed by atoms with Crippen LogP contribution in [0.25, 0.3) is 0 Å². The molecule has 3 amide bonds.